The molecule has 1 amide bonds. The molecule has 0 radical (unpaired) electrons. The number of nitrogens with zero attached hydrogens (tertiary/aromatic N) is 2. The van der Waals surface area contributed by atoms with Crippen LogP contribution in [0.15, 0.2) is 48.2 Å². The minimum Gasteiger partial charge on any atom is -0.354 e. The van der Waals surface area contributed by atoms with Gasteiger partial charge in [-0.2, -0.15) is 0 Å². The van der Waals surface area contributed by atoms with Crippen LogP contribution in [0.3, 0.4) is 0 Å². The van der Waals surface area contributed by atoms with Crippen molar-refractivity contribution in [1.82, 2.24) is 14.8 Å². The highest BCUT2D eigenvalue weighted by molar-refractivity contribution is 5.83. The van der Waals surface area contributed by atoms with Crippen LogP contribution in [-0.4, -0.2) is 41.6 Å². The number of hydrogen-bond donors (Lipinski definition) is 1. The molecule has 0 atom stereocenters. The van der Waals surface area contributed by atoms with E-state index in [9.17, 15) is 4.79 Å². The number of allylic oxidation sites excluding steroid dienone is 1. The van der Waals surface area contributed by atoms with Crippen LogP contribution < -0.4 is 5.32 Å². The predicted molar refractivity (Wildman–Crippen MR) is 104 cm³/mol. The summed E-state index contributed by atoms with van der Waals surface area (Å²) in [4.78, 5) is 14.8. The molecule has 1 aromatic carbocycles. The summed E-state index contributed by atoms with van der Waals surface area (Å²) in [6, 6.07) is 10.2. The molecule has 1 aromatic heterocycles. The maximum absolute atomic E-state index is 12.3. The highest BCUT2D eigenvalue weighted by Crippen LogP contribution is 2.18. The van der Waals surface area contributed by atoms with Crippen LogP contribution in [0.5, 0.6) is 0 Å². The standard InChI is InChI=1S/C21H29N3O/c1-3-17(2)15-23-11-8-18(9-12-23)14-22-21(25)16-24-13-10-19-6-4-5-7-20(19)24/h3-7,10,13,18H,8-9,11-12,14-16H2,1-2H3,(H,22,25)/b17-3+. The molecule has 0 saturated carbocycles. The zero-order valence-corrected chi connectivity index (χ0v) is 15.4. The summed E-state index contributed by atoms with van der Waals surface area (Å²) in [5, 5.41) is 4.31. The minimum atomic E-state index is 0.105. The van der Waals surface area contributed by atoms with E-state index < -0.39 is 0 Å². The number of carbonyl (C=O) groups is 1. The van der Waals surface area contributed by atoms with E-state index in [-0.39, 0.29) is 5.91 Å². The van der Waals surface area contributed by atoms with Gasteiger partial charge >= 0.3 is 0 Å². The number of benzene rings is 1. The lowest BCUT2D eigenvalue weighted by Crippen LogP contribution is -2.39. The van der Waals surface area contributed by atoms with Crippen molar-refractivity contribution >= 4 is 16.8 Å². The molecule has 0 aliphatic carbocycles. The van der Waals surface area contributed by atoms with Crippen LogP contribution in [0.2, 0.25) is 0 Å². The van der Waals surface area contributed by atoms with Crippen molar-refractivity contribution in [2.75, 3.05) is 26.2 Å². The largest absolute Gasteiger partial charge is 0.354 e. The Kier molecular flexibility index (Phi) is 5.92. The first kappa shape index (κ1) is 17.7. The fraction of sp³-hybridized carbons (Fsp3) is 0.476. The summed E-state index contributed by atoms with van der Waals surface area (Å²) >= 11 is 0. The van der Waals surface area contributed by atoms with E-state index >= 15 is 0 Å². The number of para-hydroxylation sites is 1. The van der Waals surface area contributed by atoms with Crippen LogP contribution in [0, 0.1) is 5.92 Å². The highest BCUT2D eigenvalue weighted by atomic mass is 16.1. The summed E-state index contributed by atoms with van der Waals surface area (Å²) < 4.78 is 2.02. The van der Waals surface area contributed by atoms with Gasteiger partial charge in [0.05, 0.1) is 0 Å². The molecular weight excluding hydrogens is 310 g/mol. The van der Waals surface area contributed by atoms with Crippen LogP contribution in [0.4, 0.5) is 0 Å². The number of likely N-dealkylation sites (tertiary alicyclic amines) is 1. The summed E-state index contributed by atoms with van der Waals surface area (Å²) in [7, 11) is 0. The zero-order valence-electron chi connectivity index (χ0n) is 15.4. The summed E-state index contributed by atoms with van der Waals surface area (Å²) in [5.74, 6) is 0.709. The summed E-state index contributed by atoms with van der Waals surface area (Å²) in [6.45, 7) is 8.84. The topological polar surface area (TPSA) is 37.3 Å². The number of hydrogen-bond acceptors (Lipinski definition) is 2. The van der Waals surface area contributed by atoms with E-state index in [1.807, 2.05) is 22.9 Å². The fourth-order valence-corrected chi connectivity index (χ4v) is 3.54. The second-order valence-corrected chi connectivity index (χ2v) is 7.16. The van der Waals surface area contributed by atoms with Gasteiger partial charge < -0.3 is 9.88 Å². The number of fused-ring (bicyclic) bond motifs is 1. The molecule has 1 saturated heterocycles. The van der Waals surface area contributed by atoms with E-state index in [2.05, 4.69) is 48.3 Å². The first-order valence-corrected chi connectivity index (χ1v) is 9.30. The second-order valence-electron chi connectivity index (χ2n) is 7.16. The highest BCUT2D eigenvalue weighted by Gasteiger charge is 2.19. The smallest absolute Gasteiger partial charge is 0.239 e. The molecule has 134 valence electrons. The number of piperidine rings is 1. The van der Waals surface area contributed by atoms with Crippen molar-refractivity contribution in [3.8, 4) is 0 Å². The minimum absolute atomic E-state index is 0.105. The first-order valence-electron chi connectivity index (χ1n) is 9.30. The normalized spacial score (nSPS) is 17.1. The maximum Gasteiger partial charge on any atom is 0.239 e. The van der Waals surface area contributed by atoms with Crippen LogP contribution in [-0.2, 0) is 11.3 Å². The third-order valence-electron chi connectivity index (χ3n) is 5.26. The van der Waals surface area contributed by atoms with Gasteiger partial charge in [0.2, 0.25) is 5.91 Å². The molecular formula is C21H29N3O. The van der Waals surface area contributed by atoms with Gasteiger partial charge in [-0.1, -0.05) is 29.8 Å². The number of carbonyl (C=O) groups excluding carboxylic acids is 1. The molecule has 25 heavy (non-hydrogen) atoms. The molecule has 1 N–H and O–H groups in total. The lowest BCUT2D eigenvalue weighted by molar-refractivity contribution is -0.121. The Labute approximate surface area is 150 Å². The summed E-state index contributed by atoms with van der Waals surface area (Å²) in [5.41, 5.74) is 2.55. The Balaban J connectivity index is 1.43. The number of rotatable bonds is 6. The van der Waals surface area contributed by atoms with Gasteiger partial charge in [0.25, 0.3) is 0 Å². The van der Waals surface area contributed by atoms with E-state index in [4.69, 9.17) is 0 Å². The first-order chi connectivity index (χ1) is 12.2. The van der Waals surface area contributed by atoms with Crippen molar-refractivity contribution in [3.63, 3.8) is 0 Å². The quantitative estimate of drug-likeness (QED) is 0.819. The van der Waals surface area contributed by atoms with Crippen molar-refractivity contribution < 1.29 is 4.79 Å². The third-order valence-corrected chi connectivity index (χ3v) is 5.26. The molecule has 2 aromatic rings. The SMILES string of the molecule is C/C=C(\C)CN1CCC(CNC(=O)Cn2ccc3ccccc32)CC1. The van der Waals surface area contributed by atoms with Crippen LogP contribution in [0.25, 0.3) is 10.9 Å². The van der Waals surface area contributed by atoms with Crippen molar-refractivity contribution in [1.29, 1.82) is 0 Å². The lowest BCUT2D eigenvalue weighted by Gasteiger charge is -2.32. The van der Waals surface area contributed by atoms with Gasteiger partial charge in [0.15, 0.2) is 0 Å². The molecule has 3 rings (SSSR count). The van der Waals surface area contributed by atoms with Gasteiger partial charge in [0, 0.05) is 24.8 Å². The Morgan fingerprint density at radius 3 is 2.72 bits per heavy atom. The monoisotopic (exact) mass is 339 g/mol. The van der Waals surface area contributed by atoms with Gasteiger partial charge in [-0.25, -0.2) is 0 Å². The fourth-order valence-electron chi connectivity index (χ4n) is 3.54. The molecule has 2 heterocycles. The van der Waals surface area contributed by atoms with Gasteiger partial charge in [-0.3, -0.25) is 9.69 Å². The summed E-state index contributed by atoms with van der Waals surface area (Å²) in [6.07, 6.45) is 6.52. The molecule has 4 heteroatoms. The van der Waals surface area contributed by atoms with E-state index in [1.165, 1.54) is 23.8 Å². The van der Waals surface area contributed by atoms with E-state index in [0.717, 1.165) is 31.7 Å². The van der Waals surface area contributed by atoms with Gasteiger partial charge in [-0.05, 0) is 63.2 Å². The van der Waals surface area contributed by atoms with Crippen molar-refractivity contribution in [3.05, 3.63) is 48.2 Å². The molecule has 0 bridgehead atoms. The molecule has 1 aliphatic heterocycles. The number of aromatic nitrogens is 1. The van der Waals surface area contributed by atoms with Crippen molar-refractivity contribution in [2.45, 2.75) is 33.2 Å². The molecule has 0 spiro atoms. The van der Waals surface area contributed by atoms with Gasteiger partial charge in [0.1, 0.15) is 6.54 Å². The molecule has 0 unspecified atom stereocenters. The average molecular weight is 339 g/mol. The number of amides is 1. The van der Waals surface area contributed by atoms with E-state index in [1.54, 1.807) is 0 Å². The Morgan fingerprint density at radius 1 is 1.20 bits per heavy atom. The maximum atomic E-state index is 12.3. The second kappa shape index (κ2) is 8.34. The third kappa shape index (κ3) is 4.73. The predicted octanol–water partition coefficient (Wildman–Crippen LogP) is 3.44. The number of nitrogens with one attached hydrogen (secondary N) is 1. The molecule has 1 aliphatic rings. The molecule has 4 nitrogen and oxygen atoms in total. The molecule has 1 fully saturated rings. The van der Waals surface area contributed by atoms with Crippen molar-refractivity contribution in [2.24, 2.45) is 5.92 Å². The Hall–Kier alpha value is -2.07. The Morgan fingerprint density at radius 2 is 1.96 bits per heavy atom. The van der Waals surface area contributed by atoms with Crippen LogP contribution >= 0.6 is 0 Å². The van der Waals surface area contributed by atoms with Gasteiger partial charge in [-0.15, -0.1) is 0 Å². The van der Waals surface area contributed by atoms with E-state index in [0.29, 0.717) is 12.5 Å². The Bertz CT molecular complexity index is 738. The lowest BCUT2D eigenvalue weighted by atomic mass is 9.96. The average Bonchev–Trinajstić information content (AvgIpc) is 3.04. The van der Waals surface area contributed by atoms with Crippen LogP contribution in [0.1, 0.15) is 26.7 Å². The zero-order chi connectivity index (χ0) is 17.6.